The number of fused-ring (bicyclic) bond motifs is 1. The number of benzene rings is 1. The van der Waals surface area contributed by atoms with E-state index in [1.807, 2.05) is 22.9 Å². The average molecular weight is 202 g/mol. The highest BCUT2D eigenvalue weighted by molar-refractivity contribution is 5.83. The Morgan fingerprint density at radius 1 is 1.40 bits per heavy atom. The van der Waals surface area contributed by atoms with E-state index in [4.69, 9.17) is 0 Å². The Labute approximate surface area is 88.7 Å². The number of amides is 1. The van der Waals surface area contributed by atoms with Crippen molar-refractivity contribution in [2.24, 2.45) is 0 Å². The quantitative estimate of drug-likeness (QED) is 0.790. The molecule has 2 aromatic rings. The number of rotatable bonds is 2. The van der Waals surface area contributed by atoms with Crippen molar-refractivity contribution in [3.05, 3.63) is 36.0 Å². The van der Waals surface area contributed by atoms with Crippen molar-refractivity contribution in [3.8, 4) is 0 Å². The van der Waals surface area contributed by atoms with E-state index in [1.165, 1.54) is 10.9 Å². The third-order valence-electron chi connectivity index (χ3n) is 2.52. The SMILES string of the molecule is CNC(=O)Cn1ccc2cc(C)ccc21. The number of hydrogen-bond donors (Lipinski definition) is 1. The molecule has 15 heavy (non-hydrogen) atoms. The van der Waals surface area contributed by atoms with Crippen LogP contribution in [0.4, 0.5) is 0 Å². The fourth-order valence-electron chi connectivity index (χ4n) is 1.69. The fourth-order valence-corrected chi connectivity index (χ4v) is 1.69. The van der Waals surface area contributed by atoms with E-state index < -0.39 is 0 Å². The molecule has 0 saturated carbocycles. The van der Waals surface area contributed by atoms with E-state index in [9.17, 15) is 4.79 Å². The van der Waals surface area contributed by atoms with Crippen LogP contribution in [0.1, 0.15) is 5.56 Å². The van der Waals surface area contributed by atoms with E-state index >= 15 is 0 Å². The van der Waals surface area contributed by atoms with Crippen molar-refractivity contribution < 1.29 is 4.79 Å². The summed E-state index contributed by atoms with van der Waals surface area (Å²) < 4.78 is 1.95. The molecule has 1 aromatic heterocycles. The molecule has 0 bridgehead atoms. The van der Waals surface area contributed by atoms with E-state index in [0.717, 1.165) is 5.52 Å². The Bertz CT molecular complexity index is 499. The van der Waals surface area contributed by atoms with Crippen molar-refractivity contribution in [3.63, 3.8) is 0 Å². The molecule has 0 atom stereocenters. The van der Waals surface area contributed by atoms with Gasteiger partial charge < -0.3 is 9.88 Å². The van der Waals surface area contributed by atoms with Crippen molar-refractivity contribution in [1.82, 2.24) is 9.88 Å². The lowest BCUT2D eigenvalue weighted by atomic mass is 10.2. The van der Waals surface area contributed by atoms with Crippen LogP contribution in [0, 0.1) is 6.92 Å². The monoisotopic (exact) mass is 202 g/mol. The topological polar surface area (TPSA) is 34.0 Å². The van der Waals surface area contributed by atoms with Gasteiger partial charge in [0, 0.05) is 18.8 Å². The molecule has 1 amide bonds. The highest BCUT2D eigenvalue weighted by Gasteiger charge is 2.04. The van der Waals surface area contributed by atoms with Crippen LogP contribution in [0.5, 0.6) is 0 Å². The maximum Gasteiger partial charge on any atom is 0.239 e. The van der Waals surface area contributed by atoms with E-state index in [1.54, 1.807) is 7.05 Å². The molecular weight excluding hydrogens is 188 g/mol. The van der Waals surface area contributed by atoms with Gasteiger partial charge in [0.25, 0.3) is 0 Å². The Hall–Kier alpha value is -1.77. The van der Waals surface area contributed by atoms with Crippen LogP contribution in [0.2, 0.25) is 0 Å². The van der Waals surface area contributed by atoms with E-state index in [2.05, 4.69) is 24.4 Å². The zero-order valence-electron chi connectivity index (χ0n) is 8.95. The minimum atomic E-state index is 0.0214. The van der Waals surface area contributed by atoms with Gasteiger partial charge in [-0.15, -0.1) is 0 Å². The summed E-state index contributed by atoms with van der Waals surface area (Å²) in [4.78, 5) is 11.3. The molecular formula is C12H14N2O. The molecule has 78 valence electrons. The minimum absolute atomic E-state index is 0.0214. The Morgan fingerprint density at radius 3 is 2.93 bits per heavy atom. The average Bonchev–Trinajstić information content (AvgIpc) is 2.60. The molecule has 0 fully saturated rings. The molecule has 3 nitrogen and oxygen atoms in total. The summed E-state index contributed by atoms with van der Waals surface area (Å²) >= 11 is 0. The number of hydrogen-bond acceptors (Lipinski definition) is 1. The van der Waals surface area contributed by atoms with Crippen molar-refractivity contribution in [2.45, 2.75) is 13.5 Å². The lowest BCUT2D eigenvalue weighted by Gasteiger charge is -2.04. The van der Waals surface area contributed by atoms with Crippen LogP contribution in [-0.2, 0) is 11.3 Å². The first-order valence-corrected chi connectivity index (χ1v) is 4.97. The zero-order chi connectivity index (χ0) is 10.8. The number of aromatic nitrogens is 1. The lowest BCUT2D eigenvalue weighted by Crippen LogP contribution is -2.22. The molecule has 0 aliphatic carbocycles. The van der Waals surface area contributed by atoms with Gasteiger partial charge in [0.1, 0.15) is 6.54 Å². The zero-order valence-corrected chi connectivity index (χ0v) is 8.95. The number of nitrogens with one attached hydrogen (secondary N) is 1. The molecule has 1 aromatic carbocycles. The number of nitrogens with zero attached hydrogens (tertiary/aromatic N) is 1. The number of carbonyl (C=O) groups is 1. The third-order valence-corrected chi connectivity index (χ3v) is 2.52. The standard InChI is InChI=1S/C12H14N2O/c1-9-3-4-11-10(7-9)5-6-14(11)8-12(15)13-2/h3-7H,8H2,1-2H3,(H,13,15). The lowest BCUT2D eigenvalue weighted by molar-refractivity contribution is -0.121. The largest absolute Gasteiger partial charge is 0.358 e. The number of aryl methyl sites for hydroxylation is 1. The second-order valence-corrected chi connectivity index (χ2v) is 3.68. The predicted molar refractivity (Wildman–Crippen MR) is 60.7 cm³/mol. The van der Waals surface area contributed by atoms with Gasteiger partial charge in [-0.1, -0.05) is 11.6 Å². The van der Waals surface area contributed by atoms with E-state index in [-0.39, 0.29) is 5.91 Å². The minimum Gasteiger partial charge on any atom is -0.358 e. The molecule has 1 N–H and O–H groups in total. The van der Waals surface area contributed by atoms with Crippen LogP contribution >= 0.6 is 0 Å². The van der Waals surface area contributed by atoms with Crippen molar-refractivity contribution in [1.29, 1.82) is 0 Å². The maximum absolute atomic E-state index is 11.3. The molecule has 0 saturated heterocycles. The Kier molecular flexibility index (Phi) is 2.46. The van der Waals surface area contributed by atoms with E-state index in [0.29, 0.717) is 6.54 Å². The van der Waals surface area contributed by atoms with Gasteiger partial charge in [0.05, 0.1) is 0 Å². The van der Waals surface area contributed by atoms with Gasteiger partial charge in [0.2, 0.25) is 5.91 Å². The first kappa shape index (κ1) is 9.77. The fraction of sp³-hybridized carbons (Fsp3) is 0.250. The van der Waals surface area contributed by atoms with Crippen LogP contribution in [0.25, 0.3) is 10.9 Å². The van der Waals surface area contributed by atoms with Gasteiger partial charge in [-0.2, -0.15) is 0 Å². The Morgan fingerprint density at radius 2 is 2.20 bits per heavy atom. The molecule has 0 aliphatic heterocycles. The van der Waals surface area contributed by atoms with Crippen molar-refractivity contribution >= 4 is 16.8 Å². The summed E-state index contributed by atoms with van der Waals surface area (Å²) in [6, 6.07) is 8.26. The summed E-state index contributed by atoms with van der Waals surface area (Å²) in [6.07, 6.45) is 1.94. The summed E-state index contributed by atoms with van der Waals surface area (Å²) in [6.45, 7) is 2.44. The number of carbonyl (C=O) groups excluding carboxylic acids is 1. The maximum atomic E-state index is 11.3. The molecule has 0 unspecified atom stereocenters. The van der Waals surface area contributed by atoms with Gasteiger partial charge in [0.15, 0.2) is 0 Å². The molecule has 0 spiro atoms. The smallest absolute Gasteiger partial charge is 0.239 e. The third kappa shape index (κ3) is 1.86. The first-order chi connectivity index (χ1) is 7.20. The van der Waals surface area contributed by atoms with Crippen LogP contribution in [0.15, 0.2) is 30.5 Å². The molecule has 3 heteroatoms. The summed E-state index contributed by atoms with van der Waals surface area (Å²) in [7, 11) is 1.65. The van der Waals surface area contributed by atoms with Gasteiger partial charge in [-0.3, -0.25) is 4.79 Å². The normalized spacial score (nSPS) is 10.5. The van der Waals surface area contributed by atoms with Crippen LogP contribution in [0.3, 0.4) is 0 Å². The number of likely N-dealkylation sites (N-methyl/N-ethyl adjacent to an activating group) is 1. The second-order valence-electron chi connectivity index (χ2n) is 3.68. The predicted octanol–water partition coefficient (Wildman–Crippen LogP) is 1.70. The summed E-state index contributed by atoms with van der Waals surface area (Å²) in [5.74, 6) is 0.0214. The van der Waals surface area contributed by atoms with Gasteiger partial charge in [-0.25, -0.2) is 0 Å². The molecule has 0 radical (unpaired) electrons. The second kappa shape index (κ2) is 3.77. The Balaban J connectivity index is 2.41. The van der Waals surface area contributed by atoms with Crippen LogP contribution < -0.4 is 5.32 Å². The molecule has 2 rings (SSSR count). The summed E-state index contributed by atoms with van der Waals surface area (Å²) in [5, 5.41) is 3.80. The highest BCUT2D eigenvalue weighted by Crippen LogP contribution is 2.16. The molecule has 0 aliphatic rings. The highest BCUT2D eigenvalue weighted by atomic mass is 16.1. The summed E-state index contributed by atoms with van der Waals surface area (Å²) in [5.41, 5.74) is 2.34. The first-order valence-electron chi connectivity index (χ1n) is 4.97. The van der Waals surface area contributed by atoms with Gasteiger partial charge >= 0.3 is 0 Å². The van der Waals surface area contributed by atoms with Gasteiger partial charge in [-0.05, 0) is 30.5 Å². The molecule has 1 heterocycles. The van der Waals surface area contributed by atoms with Crippen LogP contribution in [-0.4, -0.2) is 17.5 Å². The van der Waals surface area contributed by atoms with Crippen molar-refractivity contribution in [2.75, 3.05) is 7.05 Å².